The number of benzene rings is 11. The van der Waals surface area contributed by atoms with Gasteiger partial charge < -0.3 is 4.42 Å². The highest BCUT2D eigenvalue weighted by Crippen LogP contribution is 2.42. The van der Waals surface area contributed by atoms with Crippen LogP contribution < -0.4 is 0 Å². The van der Waals surface area contributed by atoms with E-state index >= 15 is 0 Å². The van der Waals surface area contributed by atoms with Crippen LogP contribution in [0.2, 0.25) is 0 Å². The smallest absolute Gasteiger partial charge is 0.220 e. The van der Waals surface area contributed by atoms with E-state index in [4.69, 9.17) is 24.4 Å². The van der Waals surface area contributed by atoms with Crippen LogP contribution in [0.3, 0.4) is 0 Å². The van der Waals surface area contributed by atoms with Gasteiger partial charge in [0.05, 0.1) is 27.6 Å². The van der Waals surface area contributed by atoms with Crippen LogP contribution in [0.4, 0.5) is 0 Å². The molecule has 0 spiro atoms. The Kier molecular flexibility index (Phi) is 9.50. The second kappa shape index (κ2) is 17.0. The van der Waals surface area contributed by atoms with Crippen LogP contribution in [-0.4, -0.2) is 28.7 Å². The van der Waals surface area contributed by atoms with Gasteiger partial charge in [-0.2, -0.15) is 0 Å². The third-order valence-electron chi connectivity index (χ3n) is 15.3. The molecule has 358 valence electrons. The molecule has 0 aliphatic carbocycles. The highest BCUT2D eigenvalue weighted by Gasteiger charge is 2.22. The number of furan rings is 1. The van der Waals surface area contributed by atoms with Crippen molar-refractivity contribution in [2.24, 2.45) is 0 Å². The largest absolute Gasteiger partial charge is 0.455 e. The Balaban J connectivity index is 0.830. The number of para-hydroxylation sites is 4. The van der Waals surface area contributed by atoms with Crippen LogP contribution in [-0.2, 0) is 0 Å². The summed E-state index contributed by atoms with van der Waals surface area (Å²) in [6.07, 6.45) is 0. The SMILES string of the molecule is c1ccc(-c2ccc(-c3nc(-c4ccccc4)nc(-c4cccc(-c5cc6c7ccccc7n7c8ccc(-c9ccc(-c%10cccc%11c%10oc%10ccccc%10%11)cc9)cc8nc7n7c8ccccc8c(c5)c67)c4)n3)cc2)cc1. The van der Waals surface area contributed by atoms with Gasteiger partial charge in [-0.15, -0.1) is 0 Å². The van der Waals surface area contributed by atoms with E-state index in [2.05, 4.69) is 215 Å². The third-order valence-corrected chi connectivity index (χ3v) is 15.3. The Hall–Kier alpha value is -10.5. The number of imidazole rings is 1. The molecule has 16 aromatic rings. The number of nitrogens with zero attached hydrogens (tertiary/aromatic N) is 6. The zero-order valence-electron chi connectivity index (χ0n) is 41.3. The lowest BCUT2D eigenvalue weighted by Crippen LogP contribution is -2.00. The Morgan fingerprint density at radius 3 is 1.47 bits per heavy atom. The first-order chi connectivity index (χ1) is 38.1. The lowest BCUT2D eigenvalue weighted by atomic mass is 9.97. The van der Waals surface area contributed by atoms with E-state index in [1.165, 1.54) is 0 Å². The van der Waals surface area contributed by atoms with Gasteiger partial charge in [-0.1, -0.05) is 206 Å². The molecular weight excluding hydrogens is 941 g/mol. The summed E-state index contributed by atoms with van der Waals surface area (Å²) in [5.41, 5.74) is 18.7. The molecule has 5 aromatic heterocycles. The van der Waals surface area contributed by atoms with Crippen LogP contribution in [0.5, 0.6) is 0 Å². The molecule has 0 amide bonds. The fourth-order valence-corrected chi connectivity index (χ4v) is 11.7. The van der Waals surface area contributed by atoms with E-state index < -0.39 is 0 Å². The van der Waals surface area contributed by atoms with Gasteiger partial charge in [-0.25, -0.2) is 19.9 Å². The molecule has 11 aromatic carbocycles. The average Bonchev–Trinajstić information content (AvgIpc) is 4.35. The van der Waals surface area contributed by atoms with Crippen LogP contribution in [0.15, 0.2) is 259 Å². The van der Waals surface area contributed by atoms with E-state index in [0.29, 0.717) is 17.5 Å². The summed E-state index contributed by atoms with van der Waals surface area (Å²) in [4.78, 5) is 20.9. The molecule has 0 aliphatic heterocycles. The maximum atomic E-state index is 6.41. The van der Waals surface area contributed by atoms with Crippen LogP contribution >= 0.6 is 0 Å². The predicted octanol–water partition coefficient (Wildman–Crippen LogP) is 18.0. The topological polar surface area (TPSA) is 73.5 Å². The first-order valence-corrected chi connectivity index (χ1v) is 25.9. The van der Waals surface area contributed by atoms with Gasteiger partial charge in [-0.05, 0) is 87.5 Å². The molecule has 0 N–H and O–H groups in total. The second-order valence-corrected chi connectivity index (χ2v) is 19.8. The number of rotatable bonds is 7. The van der Waals surface area contributed by atoms with Gasteiger partial charge in [-0.3, -0.25) is 8.80 Å². The lowest BCUT2D eigenvalue weighted by Gasteiger charge is -2.11. The summed E-state index contributed by atoms with van der Waals surface area (Å²) in [7, 11) is 0. The highest BCUT2D eigenvalue weighted by atomic mass is 16.3. The normalized spacial score (nSPS) is 11.9. The monoisotopic (exact) mass is 982 g/mol. The minimum absolute atomic E-state index is 0.610. The predicted molar refractivity (Wildman–Crippen MR) is 315 cm³/mol. The first-order valence-electron chi connectivity index (χ1n) is 25.9. The van der Waals surface area contributed by atoms with Crippen molar-refractivity contribution in [3.05, 3.63) is 255 Å². The van der Waals surface area contributed by atoms with Crippen LogP contribution in [0.1, 0.15) is 0 Å². The molecule has 0 atom stereocenters. The molecule has 0 aliphatic rings. The van der Waals surface area contributed by atoms with Crippen molar-refractivity contribution in [3.63, 3.8) is 0 Å². The molecule has 16 rings (SSSR count). The van der Waals surface area contributed by atoms with Gasteiger partial charge in [0.25, 0.3) is 0 Å². The summed E-state index contributed by atoms with van der Waals surface area (Å²) < 4.78 is 11.1. The van der Waals surface area contributed by atoms with E-state index in [-0.39, 0.29) is 0 Å². The Morgan fingerprint density at radius 1 is 0.273 bits per heavy atom. The summed E-state index contributed by atoms with van der Waals surface area (Å²) >= 11 is 0. The summed E-state index contributed by atoms with van der Waals surface area (Å²) in [5.74, 6) is 2.71. The second-order valence-electron chi connectivity index (χ2n) is 19.8. The quantitative estimate of drug-likeness (QED) is 0.159. The summed E-state index contributed by atoms with van der Waals surface area (Å²) in [5, 5.41) is 6.83. The summed E-state index contributed by atoms with van der Waals surface area (Å²) in [6, 6.07) is 89.9. The lowest BCUT2D eigenvalue weighted by molar-refractivity contribution is 0.670. The molecule has 7 nitrogen and oxygen atoms in total. The van der Waals surface area contributed by atoms with Gasteiger partial charge in [0.15, 0.2) is 17.5 Å². The van der Waals surface area contributed by atoms with Crippen molar-refractivity contribution in [1.82, 2.24) is 28.7 Å². The van der Waals surface area contributed by atoms with E-state index in [0.717, 1.165) is 138 Å². The van der Waals surface area contributed by atoms with Crippen LogP contribution in [0.25, 0.3) is 156 Å². The van der Waals surface area contributed by atoms with Crippen LogP contribution in [0, 0.1) is 0 Å². The number of hydrogen-bond donors (Lipinski definition) is 0. The van der Waals surface area contributed by atoms with Gasteiger partial charge in [0.2, 0.25) is 5.78 Å². The number of fused-ring (bicyclic) bond motifs is 13. The fourth-order valence-electron chi connectivity index (χ4n) is 11.7. The van der Waals surface area contributed by atoms with Gasteiger partial charge in [0, 0.05) is 54.6 Å². The van der Waals surface area contributed by atoms with Crippen molar-refractivity contribution in [2.45, 2.75) is 0 Å². The zero-order valence-corrected chi connectivity index (χ0v) is 41.3. The molecule has 0 radical (unpaired) electrons. The zero-order chi connectivity index (χ0) is 50.6. The Bertz CT molecular complexity index is 5020. The van der Waals surface area contributed by atoms with Gasteiger partial charge in [0.1, 0.15) is 11.2 Å². The average molecular weight is 983 g/mol. The van der Waals surface area contributed by atoms with E-state index in [1.807, 2.05) is 48.5 Å². The Labute approximate surface area is 441 Å². The minimum Gasteiger partial charge on any atom is -0.455 e. The molecule has 0 saturated carbocycles. The van der Waals surface area contributed by atoms with Crippen molar-refractivity contribution >= 4 is 76.8 Å². The van der Waals surface area contributed by atoms with Gasteiger partial charge >= 0.3 is 0 Å². The number of aromatic nitrogens is 6. The van der Waals surface area contributed by atoms with E-state index in [1.54, 1.807) is 0 Å². The molecule has 7 heteroatoms. The van der Waals surface area contributed by atoms with Crippen molar-refractivity contribution in [3.8, 4) is 78.7 Å². The fraction of sp³-hybridized carbons (Fsp3) is 0. The Morgan fingerprint density at radius 2 is 0.753 bits per heavy atom. The number of hydrogen-bond acceptors (Lipinski definition) is 5. The van der Waals surface area contributed by atoms with Crippen molar-refractivity contribution < 1.29 is 4.42 Å². The van der Waals surface area contributed by atoms with Crippen molar-refractivity contribution in [1.29, 1.82) is 0 Å². The standard InChI is InChI=1S/C70H42N6O/c1-3-15-43(16-4-1)44-31-35-48(36-32-44)68-72-67(47-17-5-2-6-18-47)73-69(74-68)51-20-13-19-49(39-51)52-40-58-54-21-7-10-26-61(54)75-63-38-37-50(42-60(63)71-70(75)76-62-27-11-8-22-55(62)59(41-52)65(58)76)45-29-33-46(34-30-45)53-24-14-25-57-56-23-9-12-28-64(56)77-66(53)57/h1-42H. The maximum Gasteiger partial charge on any atom is 0.220 e. The molecular formula is C70H42N6O. The molecule has 0 fully saturated rings. The molecule has 77 heavy (non-hydrogen) atoms. The molecule has 5 heterocycles. The molecule has 0 unspecified atom stereocenters. The summed E-state index contributed by atoms with van der Waals surface area (Å²) in [6.45, 7) is 0. The minimum atomic E-state index is 0.610. The first kappa shape index (κ1) is 43.0. The molecule has 0 bridgehead atoms. The molecule has 0 saturated heterocycles. The highest BCUT2D eigenvalue weighted by molar-refractivity contribution is 6.21. The van der Waals surface area contributed by atoms with E-state index in [9.17, 15) is 0 Å². The maximum absolute atomic E-state index is 6.41. The van der Waals surface area contributed by atoms with Crippen molar-refractivity contribution in [2.75, 3.05) is 0 Å². The third kappa shape index (κ3) is 6.91.